The first-order chi connectivity index (χ1) is 14.6. The normalized spacial score (nSPS) is 19.9. The summed E-state index contributed by atoms with van der Waals surface area (Å²) in [6, 6.07) is 0.382. The Labute approximate surface area is 177 Å². The Morgan fingerprint density at radius 2 is 2.20 bits per heavy atom. The fourth-order valence-corrected chi connectivity index (χ4v) is 3.89. The lowest BCUT2D eigenvalue weighted by Crippen LogP contribution is -2.32. The highest BCUT2D eigenvalue weighted by Gasteiger charge is 2.41. The van der Waals surface area contributed by atoms with Crippen molar-refractivity contribution < 1.29 is 5.11 Å². The van der Waals surface area contributed by atoms with E-state index in [1.807, 2.05) is 28.3 Å². The molecule has 3 heterocycles. The summed E-state index contributed by atoms with van der Waals surface area (Å²) in [6.45, 7) is 6.00. The van der Waals surface area contributed by atoms with E-state index < -0.39 is 0 Å². The van der Waals surface area contributed by atoms with Crippen molar-refractivity contribution in [2.24, 2.45) is 10.4 Å². The smallest absolute Gasteiger partial charge is 0.0990 e. The lowest BCUT2D eigenvalue weighted by Gasteiger charge is -2.25. The fraction of sp³-hybridized carbons (Fsp3) is 0.500. The highest BCUT2D eigenvalue weighted by atomic mass is 16.3. The first kappa shape index (κ1) is 20.6. The lowest BCUT2D eigenvalue weighted by atomic mass is 10.1. The van der Waals surface area contributed by atoms with E-state index in [9.17, 15) is 5.11 Å². The summed E-state index contributed by atoms with van der Waals surface area (Å²) in [7, 11) is 0. The molecule has 1 aromatic rings. The van der Waals surface area contributed by atoms with Crippen LogP contribution < -0.4 is 10.7 Å². The van der Waals surface area contributed by atoms with Gasteiger partial charge in [-0.15, -0.1) is 0 Å². The van der Waals surface area contributed by atoms with Gasteiger partial charge in [0.15, 0.2) is 0 Å². The van der Waals surface area contributed by atoms with Crippen LogP contribution in [0.15, 0.2) is 52.8 Å². The summed E-state index contributed by atoms with van der Waals surface area (Å²) in [4.78, 5) is 4.91. The van der Waals surface area contributed by atoms with Crippen molar-refractivity contribution in [2.45, 2.75) is 45.6 Å². The molecule has 0 unspecified atom stereocenters. The van der Waals surface area contributed by atoms with E-state index in [4.69, 9.17) is 10.4 Å². The monoisotopic (exact) mass is 409 g/mol. The quantitative estimate of drug-likeness (QED) is 0.445. The number of aliphatic hydroxyl groups is 1. The van der Waals surface area contributed by atoms with Crippen LogP contribution in [0.5, 0.6) is 0 Å². The maximum Gasteiger partial charge on any atom is 0.0990 e. The fourth-order valence-electron chi connectivity index (χ4n) is 3.89. The van der Waals surface area contributed by atoms with E-state index in [-0.39, 0.29) is 12.0 Å². The summed E-state index contributed by atoms with van der Waals surface area (Å²) in [6.07, 6.45) is 15.3. The number of hydrogen-bond donors (Lipinski definition) is 4. The molecule has 160 valence electrons. The number of rotatable bonds is 10. The van der Waals surface area contributed by atoms with Crippen LogP contribution in [0.4, 0.5) is 0 Å². The van der Waals surface area contributed by atoms with Crippen molar-refractivity contribution in [2.75, 3.05) is 19.7 Å². The first-order valence-corrected chi connectivity index (χ1v) is 10.8. The largest absolute Gasteiger partial charge is 0.396 e. The third-order valence-corrected chi connectivity index (χ3v) is 6.21. The molecule has 0 bridgehead atoms. The number of allylic oxidation sites excluding steroid dienone is 2. The Hall–Kier alpha value is -2.71. The van der Waals surface area contributed by atoms with Gasteiger partial charge in [0.25, 0.3) is 0 Å². The van der Waals surface area contributed by atoms with Gasteiger partial charge in [-0.05, 0) is 31.8 Å². The Balaban J connectivity index is 1.60. The minimum atomic E-state index is 0.00903. The van der Waals surface area contributed by atoms with E-state index in [1.165, 1.54) is 6.21 Å². The molecule has 8 nitrogen and oxygen atoms in total. The molecule has 0 radical (unpaired) electrons. The topological polar surface area (TPSA) is 102 Å². The van der Waals surface area contributed by atoms with Crippen LogP contribution in [0.1, 0.15) is 51.1 Å². The molecule has 4 N–H and O–H groups in total. The van der Waals surface area contributed by atoms with Crippen molar-refractivity contribution in [3.05, 3.63) is 53.4 Å². The zero-order valence-electron chi connectivity index (χ0n) is 17.7. The molecule has 0 aromatic carbocycles. The summed E-state index contributed by atoms with van der Waals surface area (Å²) < 4.78 is 2.03. The van der Waals surface area contributed by atoms with Crippen molar-refractivity contribution in [3.8, 4) is 0 Å². The number of nitrogens with one attached hydrogen (secondary N) is 3. The number of nitrogens with zero attached hydrogens (tertiary/aromatic N) is 4. The van der Waals surface area contributed by atoms with Gasteiger partial charge < -0.3 is 15.8 Å². The first-order valence-electron chi connectivity index (χ1n) is 10.8. The molecule has 0 spiro atoms. The summed E-state index contributed by atoms with van der Waals surface area (Å²) in [5.41, 5.74) is 7.58. The third kappa shape index (κ3) is 3.97. The van der Waals surface area contributed by atoms with Gasteiger partial charge in [0.1, 0.15) is 0 Å². The van der Waals surface area contributed by atoms with Gasteiger partial charge in [0.05, 0.1) is 36.0 Å². The number of aromatic nitrogens is 2. The van der Waals surface area contributed by atoms with Gasteiger partial charge in [0.2, 0.25) is 0 Å². The average molecular weight is 410 g/mol. The second-order valence-corrected chi connectivity index (χ2v) is 8.26. The van der Waals surface area contributed by atoms with Gasteiger partial charge in [0, 0.05) is 54.5 Å². The predicted molar refractivity (Wildman–Crippen MR) is 118 cm³/mol. The zero-order valence-corrected chi connectivity index (χ0v) is 17.7. The van der Waals surface area contributed by atoms with Gasteiger partial charge in [-0.25, -0.2) is 10.4 Å². The summed E-state index contributed by atoms with van der Waals surface area (Å²) in [5, 5.41) is 27.2. The highest BCUT2D eigenvalue weighted by molar-refractivity contribution is 6.13. The van der Waals surface area contributed by atoms with Crippen LogP contribution in [0.25, 0.3) is 0 Å². The minimum Gasteiger partial charge on any atom is -0.396 e. The molecular formula is C22H31N7O. The minimum absolute atomic E-state index is 0.00903. The Bertz CT molecular complexity index is 916. The molecule has 1 saturated carbocycles. The van der Waals surface area contributed by atoms with E-state index >= 15 is 0 Å². The van der Waals surface area contributed by atoms with Crippen molar-refractivity contribution >= 4 is 11.9 Å². The maximum absolute atomic E-state index is 9.50. The summed E-state index contributed by atoms with van der Waals surface area (Å²) >= 11 is 0. The molecule has 30 heavy (non-hydrogen) atoms. The van der Waals surface area contributed by atoms with Crippen LogP contribution in [-0.4, -0.2) is 51.5 Å². The average Bonchev–Trinajstić information content (AvgIpc) is 3.15. The Morgan fingerprint density at radius 1 is 1.40 bits per heavy atom. The zero-order chi connectivity index (χ0) is 21.1. The molecule has 8 heteroatoms. The third-order valence-electron chi connectivity index (χ3n) is 6.21. The van der Waals surface area contributed by atoms with Gasteiger partial charge >= 0.3 is 0 Å². The maximum atomic E-state index is 9.50. The van der Waals surface area contributed by atoms with Crippen molar-refractivity contribution in [1.29, 1.82) is 5.41 Å². The predicted octanol–water partition coefficient (Wildman–Crippen LogP) is 2.49. The molecular weight excluding hydrogens is 378 g/mol. The number of fused-ring (bicyclic) bond motifs is 1. The molecule has 1 fully saturated rings. The summed E-state index contributed by atoms with van der Waals surface area (Å²) in [5.74, 6) is 0. The molecule has 1 aromatic heterocycles. The number of aliphatic imine (C=N–C) groups is 1. The number of hydrazine groups is 1. The second kappa shape index (κ2) is 8.57. The molecule has 0 amide bonds. The standard InChI is InChI=1S/C22H31N7O/c1-3-18(4-2)28-12-17(11-26-28)21-20-5-8-25-29(20)13-19(27-21)16(9-23)10-24-14-22(15-30)6-7-22/h5,9-13,18,23-25,30H,3-4,6-8,14-15H2,1-2H3/b16-10+,23-9?. The Morgan fingerprint density at radius 3 is 2.87 bits per heavy atom. The van der Waals surface area contributed by atoms with Crippen molar-refractivity contribution in [1.82, 2.24) is 25.5 Å². The van der Waals surface area contributed by atoms with E-state index in [0.717, 1.165) is 49.2 Å². The second-order valence-electron chi connectivity index (χ2n) is 8.26. The lowest BCUT2D eigenvalue weighted by molar-refractivity contribution is 0.211. The van der Waals surface area contributed by atoms with Gasteiger partial charge in [-0.3, -0.25) is 9.69 Å². The molecule has 1 aliphatic carbocycles. The van der Waals surface area contributed by atoms with Gasteiger partial charge in [-0.1, -0.05) is 13.8 Å². The van der Waals surface area contributed by atoms with Crippen LogP contribution in [0.2, 0.25) is 0 Å². The SMILES string of the molecule is CCC(CC)n1cc(C2=NC(/C(C=N)=C/NCC3(CO)CC3)=CN3NCC=C23)cn1. The van der Waals surface area contributed by atoms with Crippen LogP contribution in [0, 0.1) is 10.8 Å². The van der Waals surface area contributed by atoms with Gasteiger partial charge in [-0.2, -0.15) is 5.10 Å². The Kier molecular flexibility index (Phi) is 5.87. The molecule has 2 aliphatic heterocycles. The van der Waals surface area contributed by atoms with E-state index in [2.05, 4.69) is 42.0 Å². The molecule has 4 rings (SSSR count). The van der Waals surface area contributed by atoms with E-state index in [1.54, 1.807) is 0 Å². The number of aliphatic hydroxyl groups excluding tert-OH is 1. The van der Waals surface area contributed by atoms with Crippen molar-refractivity contribution in [3.63, 3.8) is 0 Å². The van der Waals surface area contributed by atoms with Crippen LogP contribution >= 0.6 is 0 Å². The van der Waals surface area contributed by atoms with Crippen LogP contribution in [0.3, 0.4) is 0 Å². The van der Waals surface area contributed by atoms with Crippen LogP contribution in [-0.2, 0) is 0 Å². The highest BCUT2D eigenvalue weighted by Crippen LogP contribution is 2.44. The molecule has 0 atom stereocenters. The molecule has 3 aliphatic rings. The van der Waals surface area contributed by atoms with E-state index in [0.29, 0.717) is 23.9 Å². The molecule has 0 saturated heterocycles. The number of hydrogen-bond acceptors (Lipinski definition) is 7.